The van der Waals surface area contributed by atoms with Crippen LogP contribution >= 0.6 is 0 Å². The molecule has 0 fully saturated rings. The number of rotatable bonds is 6. The Hall–Kier alpha value is -3.08. The molecule has 152 valence electrons. The standard InChI is InChI=1S/C24H26O5/c1-5-14-27-20(25)15-28-23-21(26)18-8-6-7-9-19(18)29-22(23)16-10-12-17(13-11-16)24(2,3)4/h6-13H,5,14-15H2,1-4H3. The summed E-state index contributed by atoms with van der Waals surface area (Å²) in [7, 11) is 0. The molecule has 0 amide bonds. The minimum absolute atomic E-state index is 0.00508. The van der Waals surface area contributed by atoms with Crippen LogP contribution in [0.25, 0.3) is 22.3 Å². The van der Waals surface area contributed by atoms with E-state index in [1.165, 1.54) is 0 Å². The molecule has 0 unspecified atom stereocenters. The van der Waals surface area contributed by atoms with Crippen LogP contribution in [0, 0.1) is 0 Å². The van der Waals surface area contributed by atoms with Crippen molar-refractivity contribution in [1.29, 1.82) is 0 Å². The van der Waals surface area contributed by atoms with Crippen LogP contribution in [0.1, 0.15) is 39.7 Å². The monoisotopic (exact) mass is 394 g/mol. The molecule has 0 radical (unpaired) electrons. The minimum atomic E-state index is -0.520. The predicted molar refractivity (Wildman–Crippen MR) is 113 cm³/mol. The first-order valence-corrected chi connectivity index (χ1v) is 9.76. The van der Waals surface area contributed by atoms with Crippen molar-refractivity contribution in [3.8, 4) is 17.1 Å². The van der Waals surface area contributed by atoms with Gasteiger partial charge in [-0.15, -0.1) is 0 Å². The highest BCUT2D eigenvalue weighted by Gasteiger charge is 2.20. The zero-order valence-corrected chi connectivity index (χ0v) is 17.3. The molecule has 0 saturated carbocycles. The van der Waals surface area contributed by atoms with Crippen molar-refractivity contribution in [3.05, 3.63) is 64.3 Å². The topological polar surface area (TPSA) is 65.7 Å². The summed E-state index contributed by atoms with van der Waals surface area (Å²) in [5.41, 5.74) is 2.02. The van der Waals surface area contributed by atoms with E-state index in [-0.39, 0.29) is 23.2 Å². The number of carbonyl (C=O) groups excluding carboxylic acids is 1. The molecule has 3 aromatic rings. The lowest BCUT2D eigenvalue weighted by molar-refractivity contribution is -0.146. The van der Waals surface area contributed by atoms with Gasteiger partial charge in [0.25, 0.3) is 0 Å². The second kappa shape index (κ2) is 8.52. The van der Waals surface area contributed by atoms with Crippen LogP contribution in [0.15, 0.2) is 57.7 Å². The number of ether oxygens (including phenoxy) is 2. The molecule has 29 heavy (non-hydrogen) atoms. The fraction of sp³-hybridized carbons (Fsp3) is 0.333. The maximum atomic E-state index is 13.0. The molecule has 2 aromatic carbocycles. The van der Waals surface area contributed by atoms with Crippen molar-refractivity contribution in [3.63, 3.8) is 0 Å². The summed E-state index contributed by atoms with van der Waals surface area (Å²) in [5.74, 6) is -0.202. The van der Waals surface area contributed by atoms with Crippen LogP contribution in [0.5, 0.6) is 5.75 Å². The normalized spacial score (nSPS) is 11.4. The van der Waals surface area contributed by atoms with Gasteiger partial charge in [-0.2, -0.15) is 0 Å². The van der Waals surface area contributed by atoms with Crippen LogP contribution < -0.4 is 10.2 Å². The van der Waals surface area contributed by atoms with Gasteiger partial charge >= 0.3 is 5.97 Å². The fourth-order valence-electron chi connectivity index (χ4n) is 2.96. The summed E-state index contributed by atoms with van der Waals surface area (Å²) in [6, 6.07) is 14.8. The Balaban J connectivity index is 2.04. The molecule has 3 rings (SSSR count). The van der Waals surface area contributed by atoms with Gasteiger partial charge in [-0.1, -0.05) is 64.1 Å². The molecule has 0 bridgehead atoms. The Morgan fingerprint density at radius 2 is 1.72 bits per heavy atom. The van der Waals surface area contributed by atoms with Gasteiger partial charge in [-0.05, 0) is 29.5 Å². The Kier molecular flexibility index (Phi) is 6.06. The Labute approximate surface area is 170 Å². The number of fused-ring (bicyclic) bond motifs is 1. The molecule has 0 saturated heterocycles. The smallest absolute Gasteiger partial charge is 0.344 e. The maximum absolute atomic E-state index is 13.0. The van der Waals surface area contributed by atoms with Crippen LogP contribution in [0.2, 0.25) is 0 Å². The van der Waals surface area contributed by atoms with E-state index in [1.807, 2.05) is 31.2 Å². The van der Waals surface area contributed by atoms with Gasteiger partial charge in [0.15, 0.2) is 12.4 Å². The van der Waals surface area contributed by atoms with E-state index >= 15 is 0 Å². The number of hydrogen-bond donors (Lipinski definition) is 0. The van der Waals surface area contributed by atoms with Gasteiger partial charge in [-0.3, -0.25) is 4.79 Å². The molecule has 5 heteroatoms. The fourth-order valence-corrected chi connectivity index (χ4v) is 2.96. The van der Waals surface area contributed by atoms with E-state index in [0.717, 1.165) is 12.0 Å². The summed E-state index contributed by atoms with van der Waals surface area (Å²) >= 11 is 0. The maximum Gasteiger partial charge on any atom is 0.344 e. The van der Waals surface area contributed by atoms with Crippen LogP contribution in [-0.2, 0) is 14.9 Å². The lowest BCUT2D eigenvalue weighted by Gasteiger charge is -2.19. The van der Waals surface area contributed by atoms with Crippen molar-refractivity contribution >= 4 is 16.9 Å². The quantitative estimate of drug-likeness (QED) is 0.545. The third-order valence-corrected chi connectivity index (χ3v) is 4.57. The summed E-state index contributed by atoms with van der Waals surface area (Å²) < 4.78 is 16.7. The van der Waals surface area contributed by atoms with E-state index in [0.29, 0.717) is 28.9 Å². The zero-order chi connectivity index (χ0) is 21.0. The number of para-hydroxylation sites is 1. The highest BCUT2D eigenvalue weighted by molar-refractivity contribution is 5.82. The van der Waals surface area contributed by atoms with Gasteiger partial charge in [0, 0.05) is 5.56 Å². The molecule has 5 nitrogen and oxygen atoms in total. The van der Waals surface area contributed by atoms with Crippen molar-refractivity contribution in [1.82, 2.24) is 0 Å². The lowest BCUT2D eigenvalue weighted by atomic mass is 9.86. The lowest BCUT2D eigenvalue weighted by Crippen LogP contribution is -2.19. The molecule has 0 aliphatic heterocycles. The molecule has 1 aromatic heterocycles. The molecule has 1 heterocycles. The predicted octanol–water partition coefficient (Wildman–Crippen LogP) is 5.09. The molecular weight excluding hydrogens is 368 g/mol. The first kappa shape index (κ1) is 20.6. The summed E-state index contributed by atoms with van der Waals surface area (Å²) in [5, 5.41) is 0.402. The average Bonchev–Trinajstić information content (AvgIpc) is 2.71. The van der Waals surface area contributed by atoms with E-state index in [9.17, 15) is 9.59 Å². The van der Waals surface area contributed by atoms with E-state index in [4.69, 9.17) is 13.9 Å². The van der Waals surface area contributed by atoms with Crippen LogP contribution in [0.4, 0.5) is 0 Å². The number of hydrogen-bond acceptors (Lipinski definition) is 5. The second-order valence-corrected chi connectivity index (χ2v) is 7.92. The van der Waals surface area contributed by atoms with Gasteiger partial charge in [0.1, 0.15) is 5.58 Å². The van der Waals surface area contributed by atoms with Crippen molar-refractivity contribution < 1.29 is 18.7 Å². The van der Waals surface area contributed by atoms with Gasteiger partial charge in [0.05, 0.1) is 12.0 Å². The summed E-state index contributed by atoms with van der Waals surface area (Å²) in [6.07, 6.45) is 0.717. The third-order valence-electron chi connectivity index (χ3n) is 4.57. The molecule has 0 aliphatic rings. The van der Waals surface area contributed by atoms with Gasteiger partial charge < -0.3 is 13.9 Å². The second-order valence-electron chi connectivity index (χ2n) is 7.92. The molecular formula is C24H26O5. The van der Waals surface area contributed by atoms with Crippen molar-refractivity contribution in [2.75, 3.05) is 13.2 Å². The van der Waals surface area contributed by atoms with Crippen LogP contribution in [-0.4, -0.2) is 19.2 Å². The van der Waals surface area contributed by atoms with Crippen molar-refractivity contribution in [2.45, 2.75) is 39.5 Å². The first-order valence-electron chi connectivity index (χ1n) is 9.76. The highest BCUT2D eigenvalue weighted by atomic mass is 16.6. The van der Waals surface area contributed by atoms with Gasteiger partial charge in [-0.25, -0.2) is 4.79 Å². The zero-order valence-electron chi connectivity index (χ0n) is 17.3. The summed E-state index contributed by atoms with van der Waals surface area (Å²) in [4.78, 5) is 24.9. The Morgan fingerprint density at radius 1 is 1.03 bits per heavy atom. The van der Waals surface area contributed by atoms with E-state index < -0.39 is 5.97 Å². The highest BCUT2D eigenvalue weighted by Crippen LogP contribution is 2.32. The van der Waals surface area contributed by atoms with E-state index in [2.05, 4.69) is 20.8 Å². The number of benzene rings is 2. The minimum Gasteiger partial charge on any atom is -0.474 e. The largest absolute Gasteiger partial charge is 0.474 e. The molecule has 0 aliphatic carbocycles. The molecule has 0 spiro atoms. The van der Waals surface area contributed by atoms with E-state index in [1.54, 1.807) is 24.3 Å². The average molecular weight is 394 g/mol. The van der Waals surface area contributed by atoms with Crippen molar-refractivity contribution in [2.24, 2.45) is 0 Å². The number of carbonyl (C=O) groups is 1. The van der Waals surface area contributed by atoms with Gasteiger partial charge in [0.2, 0.25) is 11.2 Å². The third kappa shape index (κ3) is 4.67. The number of esters is 1. The Bertz CT molecular complexity index is 1060. The first-order chi connectivity index (χ1) is 13.8. The SMILES string of the molecule is CCCOC(=O)COc1c(-c2ccc(C(C)(C)C)cc2)oc2ccccc2c1=O. The molecule has 0 atom stereocenters. The van der Waals surface area contributed by atoms with Crippen LogP contribution in [0.3, 0.4) is 0 Å². The summed E-state index contributed by atoms with van der Waals surface area (Å²) in [6.45, 7) is 8.27. The Morgan fingerprint density at radius 3 is 2.38 bits per heavy atom. The molecule has 0 N–H and O–H groups in total.